The molecule has 1 aliphatic rings. The van der Waals surface area contributed by atoms with Crippen LogP contribution in [0, 0.1) is 0 Å². The Kier molecular flexibility index (Phi) is 3.50. The summed E-state index contributed by atoms with van der Waals surface area (Å²) in [5, 5.41) is 3.20. The minimum absolute atomic E-state index is 0.374. The maximum Gasteiger partial charge on any atom is 0.232 e. The van der Waals surface area contributed by atoms with Gasteiger partial charge in [-0.1, -0.05) is 6.92 Å². The lowest BCUT2D eigenvalue weighted by Crippen LogP contribution is -2.25. The van der Waals surface area contributed by atoms with Crippen molar-refractivity contribution < 1.29 is 4.74 Å². The Hall–Kier alpha value is -1.16. The summed E-state index contributed by atoms with van der Waals surface area (Å²) in [6.45, 7) is 3.79. The lowest BCUT2D eigenvalue weighted by atomic mass is 9.96. The second kappa shape index (κ2) is 5.07. The van der Waals surface area contributed by atoms with Crippen LogP contribution in [-0.2, 0) is 6.54 Å². The largest absolute Gasteiger partial charge is 0.473 e. The molecular formula is C11H17N3O. The van der Waals surface area contributed by atoms with Crippen molar-refractivity contribution >= 4 is 0 Å². The third-order valence-corrected chi connectivity index (χ3v) is 2.58. The molecule has 4 nitrogen and oxygen atoms in total. The maximum absolute atomic E-state index is 5.62. The number of ether oxygens (including phenoxy) is 1. The van der Waals surface area contributed by atoms with Crippen LogP contribution < -0.4 is 10.1 Å². The summed E-state index contributed by atoms with van der Waals surface area (Å²) >= 11 is 0. The Labute approximate surface area is 90.1 Å². The molecule has 0 atom stereocenters. The van der Waals surface area contributed by atoms with Gasteiger partial charge in [0.15, 0.2) is 0 Å². The van der Waals surface area contributed by atoms with Gasteiger partial charge in [0.05, 0.1) is 18.1 Å². The first-order valence-corrected chi connectivity index (χ1v) is 5.57. The highest BCUT2D eigenvalue weighted by Gasteiger charge is 2.19. The Morgan fingerprint density at radius 1 is 1.40 bits per heavy atom. The number of nitrogens with zero attached hydrogens (tertiary/aromatic N) is 2. The van der Waals surface area contributed by atoms with Crippen molar-refractivity contribution in [3.63, 3.8) is 0 Å². The van der Waals surface area contributed by atoms with E-state index in [4.69, 9.17) is 4.74 Å². The summed E-state index contributed by atoms with van der Waals surface area (Å²) in [6, 6.07) is 0. The van der Waals surface area contributed by atoms with Gasteiger partial charge in [0.1, 0.15) is 6.10 Å². The van der Waals surface area contributed by atoms with E-state index in [1.165, 1.54) is 6.42 Å². The van der Waals surface area contributed by atoms with Gasteiger partial charge in [-0.05, 0) is 25.8 Å². The van der Waals surface area contributed by atoms with Crippen molar-refractivity contribution in [2.45, 2.75) is 38.8 Å². The highest BCUT2D eigenvalue weighted by molar-refractivity contribution is 5.08. The molecule has 4 heteroatoms. The second-order valence-electron chi connectivity index (χ2n) is 3.80. The Morgan fingerprint density at radius 3 is 2.80 bits per heavy atom. The zero-order chi connectivity index (χ0) is 10.5. The molecule has 15 heavy (non-hydrogen) atoms. The third-order valence-electron chi connectivity index (χ3n) is 2.58. The minimum atomic E-state index is 0.374. The van der Waals surface area contributed by atoms with Crippen molar-refractivity contribution in [1.29, 1.82) is 0 Å². The molecule has 82 valence electrons. The molecule has 0 amide bonds. The zero-order valence-corrected chi connectivity index (χ0v) is 9.07. The summed E-state index contributed by atoms with van der Waals surface area (Å²) in [5.41, 5.74) is 0.956. The quantitative estimate of drug-likeness (QED) is 0.795. The third kappa shape index (κ3) is 2.89. The van der Waals surface area contributed by atoms with Crippen LogP contribution in [0.4, 0.5) is 0 Å². The van der Waals surface area contributed by atoms with Crippen molar-refractivity contribution in [2.24, 2.45) is 0 Å². The average Bonchev–Trinajstić information content (AvgIpc) is 2.22. The monoisotopic (exact) mass is 207 g/mol. The molecule has 0 aromatic carbocycles. The van der Waals surface area contributed by atoms with Gasteiger partial charge in [-0.3, -0.25) is 4.98 Å². The second-order valence-corrected chi connectivity index (χ2v) is 3.80. The van der Waals surface area contributed by atoms with E-state index < -0.39 is 0 Å². The molecular weight excluding hydrogens is 190 g/mol. The molecule has 1 fully saturated rings. The van der Waals surface area contributed by atoms with E-state index in [9.17, 15) is 0 Å². The Morgan fingerprint density at radius 2 is 2.27 bits per heavy atom. The molecule has 0 spiro atoms. The van der Waals surface area contributed by atoms with Crippen LogP contribution in [0.25, 0.3) is 0 Å². The van der Waals surface area contributed by atoms with Crippen molar-refractivity contribution in [1.82, 2.24) is 15.3 Å². The number of nitrogens with one attached hydrogen (secondary N) is 1. The molecule has 1 saturated carbocycles. The lowest BCUT2D eigenvalue weighted by molar-refractivity contribution is 0.114. The first-order valence-electron chi connectivity index (χ1n) is 5.57. The van der Waals surface area contributed by atoms with Crippen molar-refractivity contribution in [2.75, 3.05) is 6.54 Å². The van der Waals surface area contributed by atoms with E-state index >= 15 is 0 Å². The highest BCUT2D eigenvalue weighted by atomic mass is 16.5. The minimum Gasteiger partial charge on any atom is -0.473 e. The molecule has 1 heterocycles. The zero-order valence-electron chi connectivity index (χ0n) is 9.07. The summed E-state index contributed by atoms with van der Waals surface area (Å²) in [5.74, 6) is 0.653. The molecule has 0 bridgehead atoms. The van der Waals surface area contributed by atoms with Gasteiger partial charge >= 0.3 is 0 Å². The van der Waals surface area contributed by atoms with E-state index in [0.717, 1.165) is 31.6 Å². The fraction of sp³-hybridized carbons (Fsp3) is 0.636. The molecule has 0 unspecified atom stereocenters. The topological polar surface area (TPSA) is 47.0 Å². The van der Waals surface area contributed by atoms with Gasteiger partial charge in [0, 0.05) is 6.54 Å². The van der Waals surface area contributed by atoms with E-state index in [1.807, 2.05) is 0 Å². The number of rotatable bonds is 5. The molecule has 1 N–H and O–H groups in total. The van der Waals surface area contributed by atoms with Crippen LogP contribution >= 0.6 is 0 Å². The lowest BCUT2D eigenvalue weighted by Gasteiger charge is -2.25. The molecule has 0 radical (unpaired) electrons. The SMILES string of the molecule is CCNCc1cnc(OC2CCC2)cn1. The maximum atomic E-state index is 5.62. The number of hydrogen-bond acceptors (Lipinski definition) is 4. The summed E-state index contributed by atoms with van der Waals surface area (Å²) < 4.78 is 5.62. The van der Waals surface area contributed by atoms with Crippen LogP contribution in [0.1, 0.15) is 31.9 Å². The van der Waals surface area contributed by atoms with Crippen molar-refractivity contribution in [3.05, 3.63) is 18.1 Å². The normalized spacial score (nSPS) is 16.1. The average molecular weight is 207 g/mol. The summed E-state index contributed by atoms with van der Waals surface area (Å²) in [4.78, 5) is 8.51. The van der Waals surface area contributed by atoms with Crippen molar-refractivity contribution in [3.8, 4) is 5.88 Å². The molecule has 2 rings (SSSR count). The van der Waals surface area contributed by atoms with Crippen LogP contribution in [0.3, 0.4) is 0 Å². The van der Waals surface area contributed by atoms with E-state index in [1.54, 1.807) is 12.4 Å². The smallest absolute Gasteiger partial charge is 0.232 e. The molecule has 1 aromatic rings. The molecule has 0 aliphatic heterocycles. The summed E-state index contributed by atoms with van der Waals surface area (Å²) in [6.07, 6.45) is 7.44. The molecule has 1 aromatic heterocycles. The number of hydrogen-bond donors (Lipinski definition) is 1. The molecule has 1 aliphatic carbocycles. The van der Waals surface area contributed by atoms with Gasteiger partial charge in [-0.25, -0.2) is 4.98 Å². The Bertz CT molecular complexity index is 295. The fourth-order valence-electron chi connectivity index (χ4n) is 1.41. The van der Waals surface area contributed by atoms with Crippen LogP contribution in [-0.4, -0.2) is 22.6 Å². The van der Waals surface area contributed by atoms with Gasteiger partial charge in [0.25, 0.3) is 0 Å². The highest BCUT2D eigenvalue weighted by Crippen LogP contribution is 2.23. The van der Waals surface area contributed by atoms with Crippen LogP contribution in [0.5, 0.6) is 5.88 Å². The standard InChI is InChI=1S/C11H17N3O/c1-2-12-6-9-7-14-11(8-13-9)15-10-4-3-5-10/h7-8,10,12H,2-6H2,1H3. The predicted octanol–water partition coefficient (Wildman–Crippen LogP) is 1.52. The fourth-order valence-corrected chi connectivity index (χ4v) is 1.41. The van der Waals surface area contributed by atoms with Gasteiger partial charge in [-0.2, -0.15) is 0 Å². The van der Waals surface area contributed by atoms with E-state index in [2.05, 4.69) is 22.2 Å². The molecule has 0 saturated heterocycles. The summed E-state index contributed by atoms with van der Waals surface area (Å²) in [7, 11) is 0. The van der Waals surface area contributed by atoms with Gasteiger partial charge in [0.2, 0.25) is 5.88 Å². The van der Waals surface area contributed by atoms with Gasteiger partial charge in [-0.15, -0.1) is 0 Å². The first-order chi connectivity index (χ1) is 7.38. The van der Waals surface area contributed by atoms with E-state index in [0.29, 0.717) is 12.0 Å². The van der Waals surface area contributed by atoms with Crippen LogP contribution in [0.2, 0.25) is 0 Å². The van der Waals surface area contributed by atoms with Gasteiger partial charge < -0.3 is 10.1 Å². The first kappa shape index (κ1) is 10.4. The Balaban J connectivity index is 1.85. The van der Waals surface area contributed by atoms with E-state index in [-0.39, 0.29) is 0 Å². The number of aromatic nitrogens is 2. The predicted molar refractivity (Wildman–Crippen MR) is 57.7 cm³/mol. The van der Waals surface area contributed by atoms with Crippen LogP contribution in [0.15, 0.2) is 12.4 Å².